The number of quaternary nitrogens is 1. The zero-order valence-corrected chi connectivity index (χ0v) is 17.6. The Morgan fingerprint density at radius 2 is 1.83 bits per heavy atom. The molecule has 4 rings (SSSR count). The number of carbonyl (C=O) groups is 2. The summed E-state index contributed by atoms with van der Waals surface area (Å²) in [7, 11) is 0. The van der Waals surface area contributed by atoms with E-state index in [4.69, 9.17) is 4.74 Å². The largest absolute Gasteiger partial charge is 0.494 e. The van der Waals surface area contributed by atoms with Gasteiger partial charge in [0.25, 0.3) is 11.8 Å². The molecule has 2 aromatic rings. The first-order valence-electron chi connectivity index (χ1n) is 10.5. The van der Waals surface area contributed by atoms with Crippen LogP contribution in [0.25, 0.3) is 0 Å². The molecule has 1 saturated heterocycles. The van der Waals surface area contributed by atoms with Crippen LogP contribution in [-0.2, 0) is 17.6 Å². The van der Waals surface area contributed by atoms with E-state index in [1.165, 1.54) is 22.6 Å². The van der Waals surface area contributed by atoms with Gasteiger partial charge in [0.05, 0.1) is 25.3 Å². The predicted octanol–water partition coefficient (Wildman–Crippen LogP) is 2.50. The minimum Gasteiger partial charge on any atom is -0.494 e. The molecule has 1 aromatic carbocycles. The van der Waals surface area contributed by atoms with E-state index in [2.05, 4.69) is 10.6 Å². The van der Waals surface area contributed by atoms with E-state index in [0.29, 0.717) is 23.7 Å². The number of hydrogen-bond acceptors (Lipinski definition) is 4. The Hall–Kier alpha value is -2.38. The first-order chi connectivity index (χ1) is 14.1. The molecule has 7 heteroatoms. The summed E-state index contributed by atoms with van der Waals surface area (Å²) in [5, 5.41) is 6.72. The summed E-state index contributed by atoms with van der Waals surface area (Å²) in [4.78, 5) is 28.2. The van der Waals surface area contributed by atoms with E-state index in [0.717, 1.165) is 49.4 Å². The Labute approximate surface area is 175 Å². The molecule has 0 unspecified atom stereocenters. The number of benzene rings is 1. The number of fused-ring (bicyclic) bond motifs is 1. The zero-order chi connectivity index (χ0) is 20.2. The Morgan fingerprint density at radius 1 is 1.07 bits per heavy atom. The van der Waals surface area contributed by atoms with E-state index >= 15 is 0 Å². The molecule has 0 bridgehead atoms. The van der Waals surface area contributed by atoms with Crippen molar-refractivity contribution in [2.75, 3.05) is 36.9 Å². The molecule has 1 aliphatic carbocycles. The summed E-state index contributed by atoms with van der Waals surface area (Å²) in [5.74, 6) is 0.619. The Kier molecular flexibility index (Phi) is 6.16. The van der Waals surface area contributed by atoms with Crippen molar-refractivity contribution in [2.45, 2.75) is 39.0 Å². The number of rotatable bonds is 7. The van der Waals surface area contributed by atoms with Gasteiger partial charge in [0, 0.05) is 23.4 Å². The van der Waals surface area contributed by atoms with Crippen molar-refractivity contribution in [1.82, 2.24) is 0 Å². The smallest absolute Gasteiger partial charge is 0.280 e. The van der Waals surface area contributed by atoms with Crippen molar-refractivity contribution in [1.29, 1.82) is 0 Å². The van der Waals surface area contributed by atoms with Gasteiger partial charge >= 0.3 is 0 Å². The van der Waals surface area contributed by atoms with Crippen molar-refractivity contribution >= 4 is 33.8 Å². The van der Waals surface area contributed by atoms with Crippen LogP contribution in [0, 0.1) is 0 Å². The third-order valence-electron chi connectivity index (χ3n) is 5.55. The number of thiophene rings is 1. The predicted molar refractivity (Wildman–Crippen MR) is 115 cm³/mol. The number of anilines is 2. The van der Waals surface area contributed by atoms with Gasteiger partial charge in [-0.1, -0.05) is 0 Å². The van der Waals surface area contributed by atoms with Crippen molar-refractivity contribution in [2.24, 2.45) is 0 Å². The molecule has 2 aliphatic rings. The van der Waals surface area contributed by atoms with E-state index in [1.807, 2.05) is 31.2 Å². The van der Waals surface area contributed by atoms with Crippen molar-refractivity contribution in [3.8, 4) is 5.75 Å². The number of amides is 2. The lowest BCUT2D eigenvalue weighted by Gasteiger charge is -2.13. The molecule has 1 aromatic heterocycles. The van der Waals surface area contributed by atoms with Crippen LogP contribution in [0.3, 0.4) is 0 Å². The number of aryl methyl sites for hydroxylation is 1. The molecule has 0 radical (unpaired) electrons. The monoisotopic (exact) mass is 414 g/mol. The Balaban J connectivity index is 1.49. The van der Waals surface area contributed by atoms with Crippen LogP contribution in [0.15, 0.2) is 24.3 Å². The molecule has 2 heterocycles. The van der Waals surface area contributed by atoms with Gasteiger partial charge in [-0.3, -0.25) is 9.59 Å². The summed E-state index contributed by atoms with van der Waals surface area (Å²) in [6.07, 6.45) is 5.32. The van der Waals surface area contributed by atoms with Crippen LogP contribution in [0.2, 0.25) is 0 Å². The minimum atomic E-state index is -0.155. The van der Waals surface area contributed by atoms with Crippen LogP contribution < -0.4 is 20.3 Å². The molecule has 154 valence electrons. The maximum absolute atomic E-state index is 13.1. The van der Waals surface area contributed by atoms with Crippen LogP contribution in [0.5, 0.6) is 5.75 Å². The zero-order valence-electron chi connectivity index (χ0n) is 16.8. The van der Waals surface area contributed by atoms with Crippen LogP contribution in [0.1, 0.15) is 47.0 Å². The Bertz CT molecular complexity index is 885. The third-order valence-corrected chi connectivity index (χ3v) is 6.75. The summed E-state index contributed by atoms with van der Waals surface area (Å²) >= 11 is 1.56. The molecule has 3 N–H and O–H groups in total. The topological polar surface area (TPSA) is 71.9 Å². The highest BCUT2D eigenvalue weighted by molar-refractivity contribution is 7.17. The average molecular weight is 415 g/mol. The second kappa shape index (κ2) is 8.97. The molecule has 0 saturated carbocycles. The molecular weight excluding hydrogens is 386 g/mol. The van der Waals surface area contributed by atoms with E-state index < -0.39 is 0 Å². The fraction of sp³-hybridized carbons (Fsp3) is 0.455. The van der Waals surface area contributed by atoms with Crippen molar-refractivity contribution in [3.63, 3.8) is 0 Å². The van der Waals surface area contributed by atoms with Gasteiger partial charge in [-0.05, 0) is 56.0 Å². The highest BCUT2D eigenvalue weighted by atomic mass is 32.1. The van der Waals surface area contributed by atoms with Crippen molar-refractivity contribution in [3.05, 3.63) is 40.3 Å². The number of hydrogen-bond donors (Lipinski definition) is 3. The summed E-state index contributed by atoms with van der Waals surface area (Å²) in [6.45, 7) is 5.13. The van der Waals surface area contributed by atoms with Gasteiger partial charge in [0.2, 0.25) is 0 Å². The first kappa shape index (κ1) is 19.9. The second-order valence-corrected chi connectivity index (χ2v) is 8.76. The van der Waals surface area contributed by atoms with Gasteiger partial charge in [0.15, 0.2) is 6.54 Å². The summed E-state index contributed by atoms with van der Waals surface area (Å²) < 4.78 is 5.46. The standard InChI is InChI=1S/C22H27N3O3S/c1-2-28-16-10-8-15(9-11-16)23-21(27)20-17-6-5-7-18(17)29-22(20)24-19(26)14-25-12-3-4-13-25/h8-11H,2-7,12-14H2,1H3,(H,23,27)(H,24,26)/p+1. The lowest BCUT2D eigenvalue weighted by molar-refractivity contribution is -0.878. The maximum Gasteiger partial charge on any atom is 0.280 e. The Morgan fingerprint density at radius 3 is 2.55 bits per heavy atom. The summed E-state index contributed by atoms with van der Waals surface area (Å²) in [6, 6.07) is 7.37. The lowest BCUT2D eigenvalue weighted by Crippen LogP contribution is -3.11. The van der Waals surface area contributed by atoms with E-state index in [9.17, 15) is 9.59 Å². The number of carbonyl (C=O) groups excluding carboxylic acids is 2. The first-order valence-corrected chi connectivity index (χ1v) is 11.3. The van der Waals surface area contributed by atoms with Crippen LogP contribution >= 0.6 is 11.3 Å². The average Bonchev–Trinajstić information content (AvgIpc) is 3.41. The molecule has 1 aliphatic heterocycles. The normalized spacial score (nSPS) is 15.9. The molecule has 6 nitrogen and oxygen atoms in total. The van der Waals surface area contributed by atoms with Crippen LogP contribution in [-0.4, -0.2) is 38.1 Å². The third kappa shape index (κ3) is 4.62. The minimum absolute atomic E-state index is 0.00283. The molecule has 1 fully saturated rings. The van der Waals surface area contributed by atoms with Crippen molar-refractivity contribution < 1.29 is 19.2 Å². The van der Waals surface area contributed by atoms with Gasteiger partial charge in [-0.15, -0.1) is 11.3 Å². The quantitative estimate of drug-likeness (QED) is 0.652. The van der Waals surface area contributed by atoms with Gasteiger partial charge in [-0.2, -0.15) is 0 Å². The van der Waals surface area contributed by atoms with E-state index in [-0.39, 0.29) is 11.8 Å². The fourth-order valence-electron chi connectivity index (χ4n) is 4.18. The maximum atomic E-state index is 13.1. The number of nitrogens with one attached hydrogen (secondary N) is 3. The number of ether oxygens (including phenoxy) is 1. The lowest BCUT2D eigenvalue weighted by atomic mass is 10.1. The highest BCUT2D eigenvalue weighted by Crippen LogP contribution is 2.39. The van der Waals surface area contributed by atoms with Crippen LogP contribution in [0.4, 0.5) is 10.7 Å². The van der Waals surface area contributed by atoms with Gasteiger partial charge in [0.1, 0.15) is 10.8 Å². The molecule has 2 amide bonds. The molecular formula is C22H28N3O3S+. The molecule has 29 heavy (non-hydrogen) atoms. The van der Waals surface area contributed by atoms with Gasteiger partial charge in [-0.25, -0.2) is 0 Å². The van der Waals surface area contributed by atoms with Gasteiger partial charge < -0.3 is 20.3 Å². The fourth-order valence-corrected chi connectivity index (χ4v) is 5.48. The summed E-state index contributed by atoms with van der Waals surface area (Å²) in [5.41, 5.74) is 2.46. The second-order valence-electron chi connectivity index (χ2n) is 7.66. The number of likely N-dealkylation sites (tertiary alicyclic amines) is 1. The van der Waals surface area contributed by atoms with E-state index in [1.54, 1.807) is 11.3 Å². The highest BCUT2D eigenvalue weighted by Gasteiger charge is 2.28. The molecule has 0 spiro atoms. The molecule has 0 atom stereocenters. The SMILES string of the molecule is CCOc1ccc(NC(=O)c2c(NC(=O)C[NH+]3CCCC3)sc3c2CCC3)cc1.